The maximum atomic E-state index is 11.3. The van der Waals surface area contributed by atoms with Gasteiger partial charge in [0.1, 0.15) is 29.9 Å². The number of amides is 1. The Morgan fingerprint density at radius 2 is 1.31 bits per heavy atom. The summed E-state index contributed by atoms with van der Waals surface area (Å²) in [5.41, 5.74) is 27.1. The van der Waals surface area contributed by atoms with E-state index in [1.807, 2.05) is 27.7 Å². The van der Waals surface area contributed by atoms with E-state index in [1.54, 1.807) is 12.1 Å². The van der Waals surface area contributed by atoms with Gasteiger partial charge in [-0.1, -0.05) is 46.2 Å². The van der Waals surface area contributed by atoms with Crippen molar-refractivity contribution in [2.75, 3.05) is 0 Å². The van der Waals surface area contributed by atoms with Gasteiger partial charge >= 0.3 is 23.9 Å². The molecule has 0 saturated carbocycles. The first kappa shape index (κ1) is 37.6. The smallest absolute Gasteiger partial charge is 0.331 e. The van der Waals surface area contributed by atoms with Crippen LogP contribution in [0.4, 0.5) is 0 Å². The third kappa shape index (κ3) is 18.3. The van der Waals surface area contributed by atoms with Gasteiger partial charge < -0.3 is 48.7 Å². The van der Waals surface area contributed by atoms with Crippen LogP contribution < -0.4 is 28.7 Å². The third-order valence-corrected chi connectivity index (χ3v) is 5.20. The van der Waals surface area contributed by atoms with Crippen LogP contribution in [0.3, 0.4) is 0 Å². The molecule has 0 spiro atoms. The number of aliphatic carboxylic acids is 2. The van der Waals surface area contributed by atoms with Crippen molar-refractivity contribution in [3.63, 3.8) is 0 Å². The molecule has 0 aliphatic carbocycles. The monoisotopic (exact) mass is 557 g/mol. The predicted octanol–water partition coefficient (Wildman–Crippen LogP) is -0.577. The maximum absolute atomic E-state index is 11.3. The van der Waals surface area contributed by atoms with Crippen molar-refractivity contribution in [2.45, 2.75) is 77.5 Å². The Labute approximate surface area is 227 Å². The zero-order valence-corrected chi connectivity index (χ0v) is 22.8. The van der Waals surface area contributed by atoms with Crippen LogP contribution in [0.5, 0.6) is 5.75 Å². The fraction of sp³-hybridized carbons (Fsp3) is 0.560. The summed E-state index contributed by atoms with van der Waals surface area (Å²) in [5, 5.41) is 25.8. The lowest BCUT2D eigenvalue weighted by Gasteiger charge is -2.14. The van der Waals surface area contributed by atoms with Gasteiger partial charge in [0.2, 0.25) is 5.91 Å². The SMILES string of the molecule is CC(C)C[C@H](N)C(=O)OC(=O)[C@@H](N)CC(N)=O.CC[C@H](C)[C@H](N)C(=O)O.N[C@@H](Cc1ccc(O)cc1)C(=O)O. The molecule has 0 aliphatic heterocycles. The third-order valence-electron chi connectivity index (χ3n) is 5.20. The average molecular weight is 558 g/mol. The van der Waals surface area contributed by atoms with Crippen LogP contribution in [0.25, 0.3) is 0 Å². The summed E-state index contributed by atoms with van der Waals surface area (Å²) in [4.78, 5) is 53.7. The van der Waals surface area contributed by atoms with Crippen LogP contribution in [0.1, 0.15) is 52.5 Å². The first-order valence-electron chi connectivity index (χ1n) is 12.2. The number of hydrogen-bond donors (Lipinski definition) is 8. The maximum Gasteiger partial charge on any atom is 0.331 e. The number of phenols is 1. The molecule has 13 N–H and O–H groups in total. The molecule has 1 aromatic rings. The standard InChI is InChI=1S/C10H19N3O4.C9H11NO3.C6H13NO2/c1-5(2)3-6(11)9(15)17-10(16)7(12)4-8(13)14;10-8(9(12)13)5-6-1-3-7(11)4-2-6;1-3-4(2)5(7)6(8)9/h5-7H,3-4,11-12H2,1-2H3,(H2,13,14);1-4,8,11H,5,10H2,(H,12,13);4-5H,3,7H2,1-2H3,(H,8,9)/t6-,7-;8-;4-,5-/m000/s1. The molecule has 0 saturated heterocycles. The lowest BCUT2D eigenvalue weighted by atomic mass is 10.0. The quantitative estimate of drug-likeness (QED) is 0.118. The van der Waals surface area contributed by atoms with E-state index in [1.165, 1.54) is 12.1 Å². The van der Waals surface area contributed by atoms with Crippen molar-refractivity contribution in [3.05, 3.63) is 29.8 Å². The Morgan fingerprint density at radius 1 is 0.821 bits per heavy atom. The second-order valence-corrected chi connectivity index (χ2v) is 9.32. The molecule has 0 aliphatic rings. The number of aromatic hydroxyl groups is 1. The molecule has 5 atom stereocenters. The highest BCUT2D eigenvalue weighted by Gasteiger charge is 2.24. The summed E-state index contributed by atoms with van der Waals surface area (Å²) in [6.45, 7) is 7.52. The topological polar surface area (TPSA) is 285 Å². The number of carboxylic acid groups (broad SMARTS) is 2. The molecular weight excluding hydrogens is 514 g/mol. The number of carboxylic acids is 2. The Morgan fingerprint density at radius 3 is 1.67 bits per heavy atom. The van der Waals surface area contributed by atoms with Crippen LogP contribution in [0.2, 0.25) is 0 Å². The Hall–Kier alpha value is -3.59. The number of nitrogens with two attached hydrogens (primary N) is 5. The van der Waals surface area contributed by atoms with Gasteiger partial charge in [-0.15, -0.1) is 0 Å². The van der Waals surface area contributed by atoms with Gasteiger partial charge in [-0.3, -0.25) is 14.4 Å². The van der Waals surface area contributed by atoms with E-state index in [-0.39, 0.29) is 30.4 Å². The fourth-order valence-corrected chi connectivity index (χ4v) is 2.63. The number of hydrogen-bond acceptors (Lipinski definition) is 11. The van der Waals surface area contributed by atoms with Gasteiger partial charge in [0.05, 0.1) is 6.42 Å². The van der Waals surface area contributed by atoms with Gasteiger partial charge in [-0.05, 0) is 42.4 Å². The first-order valence-corrected chi connectivity index (χ1v) is 12.2. The molecule has 0 radical (unpaired) electrons. The highest BCUT2D eigenvalue weighted by Crippen LogP contribution is 2.10. The van der Waals surface area contributed by atoms with E-state index in [9.17, 15) is 24.0 Å². The van der Waals surface area contributed by atoms with Crippen LogP contribution in [-0.4, -0.2) is 69.3 Å². The number of phenolic OH excluding ortho intramolecular Hbond substituents is 1. The molecule has 0 bridgehead atoms. The Balaban J connectivity index is 0. The van der Waals surface area contributed by atoms with E-state index in [4.69, 9.17) is 44.0 Å². The summed E-state index contributed by atoms with van der Waals surface area (Å²) >= 11 is 0. The van der Waals surface area contributed by atoms with Crippen molar-refractivity contribution in [3.8, 4) is 5.75 Å². The lowest BCUT2D eigenvalue weighted by Crippen LogP contribution is -2.41. The largest absolute Gasteiger partial charge is 0.508 e. The summed E-state index contributed by atoms with van der Waals surface area (Å²) < 4.78 is 4.44. The molecule has 0 fully saturated rings. The number of rotatable bonds is 12. The summed E-state index contributed by atoms with van der Waals surface area (Å²) in [6, 6.07) is 2.62. The van der Waals surface area contributed by atoms with Gasteiger partial charge in [0, 0.05) is 0 Å². The van der Waals surface area contributed by atoms with Crippen molar-refractivity contribution >= 4 is 29.8 Å². The van der Waals surface area contributed by atoms with E-state index in [0.717, 1.165) is 12.0 Å². The van der Waals surface area contributed by atoms with Crippen LogP contribution >= 0.6 is 0 Å². The summed E-state index contributed by atoms with van der Waals surface area (Å²) in [6.07, 6.45) is 1.12. The number of benzene rings is 1. The van der Waals surface area contributed by atoms with E-state index < -0.39 is 54.0 Å². The molecule has 14 heteroatoms. The second kappa shape index (κ2) is 19.5. The molecule has 1 aromatic carbocycles. The highest BCUT2D eigenvalue weighted by molar-refractivity contribution is 5.92. The molecule has 14 nitrogen and oxygen atoms in total. The van der Waals surface area contributed by atoms with Gasteiger partial charge in [0.25, 0.3) is 0 Å². The summed E-state index contributed by atoms with van der Waals surface area (Å²) in [5.74, 6) is -4.08. The number of esters is 2. The van der Waals surface area contributed by atoms with Crippen LogP contribution in [-0.2, 0) is 35.1 Å². The van der Waals surface area contributed by atoms with Crippen LogP contribution in [0, 0.1) is 11.8 Å². The summed E-state index contributed by atoms with van der Waals surface area (Å²) in [7, 11) is 0. The van der Waals surface area contributed by atoms with E-state index in [0.29, 0.717) is 6.42 Å². The Kier molecular flexibility index (Phi) is 18.8. The molecule has 222 valence electrons. The average Bonchev–Trinajstić information content (AvgIpc) is 2.84. The Bertz CT molecular complexity index is 925. The number of carbonyl (C=O) groups is 5. The number of ether oxygens (including phenoxy) is 1. The molecule has 39 heavy (non-hydrogen) atoms. The van der Waals surface area contributed by atoms with E-state index >= 15 is 0 Å². The fourth-order valence-electron chi connectivity index (χ4n) is 2.63. The van der Waals surface area contributed by atoms with Crippen LogP contribution in [0.15, 0.2) is 24.3 Å². The van der Waals surface area contributed by atoms with Crippen molar-refractivity contribution in [2.24, 2.45) is 40.5 Å². The first-order chi connectivity index (χ1) is 17.9. The minimum absolute atomic E-state index is 0.0718. The number of primary amides is 1. The normalized spacial score (nSPS) is 14.2. The molecule has 1 amide bonds. The zero-order valence-electron chi connectivity index (χ0n) is 22.8. The second-order valence-electron chi connectivity index (χ2n) is 9.32. The minimum atomic E-state index is -1.23. The molecule has 0 unspecified atom stereocenters. The molecule has 0 aromatic heterocycles. The molecule has 1 rings (SSSR count). The van der Waals surface area contributed by atoms with Crippen molar-refractivity contribution < 1.29 is 44.0 Å². The van der Waals surface area contributed by atoms with Gasteiger partial charge in [-0.25, -0.2) is 9.59 Å². The van der Waals surface area contributed by atoms with E-state index in [2.05, 4.69) is 4.74 Å². The molecular formula is C25H43N5O9. The highest BCUT2D eigenvalue weighted by atomic mass is 16.6. The minimum Gasteiger partial charge on any atom is -0.508 e. The predicted molar refractivity (Wildman–Crippen MR) is 143 cm³/mol. The van der Waals surface area contributed by atoms with Crippen molar-refractivity contribution in [1.29, 1.82) is 0 Å². The number of carbonyl (C=O) groups excluding carboxylic acids is 3. The zero-order chi connectivity index (χ0) is 30.9. The van der Waals surface area contributed by atoms with Crippen molar-refractivity contribution in [1.82, 2.24) is 0 Å². The van der Waals surface area contributed by atoms with Gasteiger partial charge in [-0.2, -0.15) is 0 Å². The van der Waals surface area contributed by atoms with Gasteiger partial charge in [0.15, 0.2) is 0 Å². The molecule has 0 heterocycles. The lowest BCUT2D eigenvalue weighted by molar-refractivity contribution is -0.162.